The fourth-order valence-corrected chi connectivity index (χ4v) is 2.50. The standard InChI is InChI=1S/C20H20F2N2O3/c1-11(2)18(24-19(26)17-15(21)8-5-9-16(17)22)20(27)23-14-7-4-6-13(10-14)12(3)25/h4-11,18H,1-3H3,(H,23,27)(H,24,26). The molecular weight excluding hydrogens is 354 g/mol. The van der Waals surface area contributed by atoms with Gasteiger partial charge in [0.05, 0.1) is 0 Å². The number of hydrogen-bond donors (Lipinski definition) is 2. The van der Waals surface area contributed by atoms with Gasteiger partial charge in [0.2, 0.25) is 5.91 Å². The zero-order valence-corrected chi connectivity index (χ0v) is 15.2. The Morgan fingerprint density at radius 1 is 0.963 bits per heavy atom. The highest BCUT2D eigenvalue weighted by Crippen LogP contribution is 2.15. The second-order valence-electron chi connectivity index (χ2n) is 6.42. The van der Waals surface area contributed by atoms with Crippen molar-refractivity contribution in [2.75, 3.05) is 5.32 Å². The highest BCUT2D eigenvalue weighted by atomic mass is 19.1. The molecule has 2 amide bonds. The van der Waals surface area contributed by atoms with Gasteiger partial charge in [-0.2, -0.15) is 0 Å². The Labute approximate surface area is 155 Å². The van der Waals surface area contributed by atoms with Gasteiger partial charge in [-0.25, -0.2) is 8.78 Å². The van der Waals surface area contributed by atoms with Crippen molar-refractivity contribution in [2.45, 2.75) is 26.8 Å². The largest absolute Gasteiger partial charge is 0.340 e. The van der Waals surface area contributed by atoms with Crippen LogP contribution in [0.2, 0.25) is 0 Å². The summed E-state index contributed by atoms with van der Waals surface area (Å²) in [6.45, 7) is 4.78. The van der Waals surface area contributed by atoms with E-state index >= 15 is 0 Å². The van der Waals surface area contributed by atoms with Crippen molar-refractivity contribution in [3.8, 4) is 0 Å². The SMILES string of the molecule is CC(=O)c1cccc(NC(=O)C(NC(=O)c2c(F)cccc2F)C(C)C)c1. The molecule has 1 unspecified atom stereocenters. The highest BCUT2D eigenvalue weighted by Gasteiger charge is 2.27. The predicted octanol–water partition coefficient (Wildman–Crippen LogP) is 3.56. The smallest absolute Gasteiger partial charge is 0.257 e. The Kier molecular flexibility index (Phi) is 6.39. The summed E-state index contributed by atoms with van der Waals surface area (Å²) in [6.07, 6.45) is 0. The Hall–Kier alpha value is -3.09. The van der Waals surface area contributed by atoms with Crippen LogP contribution in [0.15, 0.2) is 42.5 Å². The van der Waals surface area contributed by atoms with Crippen LogP contribution in [0.25, 0.3) is 0 Å². The van der Waals surface area contributed by atoms with Gasteiger partial charge < -0.3 is 10.6 Å². The van der Waals surface area contributed by atoms with E-state index in [-0.39, 0.29) is 11.7 Å². The van der Waals surface area contributed by atoms with Crippen LogP contribution in [-0.4, -0.2) is 23.6 Å². The minimum absolute atomic E-state index is 0.158. The van der Waals surface area contributed by atoms with Gasteiger partial charge in [0.15, 0.2) is 5.78 Å². The van der Waals surface area contributed by atoms with Gasteiger partial charge in [-0.15, -0.1) is 0 Å². The lowest BCUT2D eigenvalue weighted by atomic mass is 10.0. The summed E-state index contributed by atoms with van der Waals surface area (Å²) in [5, 5.41) is 4.99. The van der Waals surface area contributed by atoms with Crippen molar-refractivity contribution in [2.24, 2.45) is 5.92 Å². The molecule has 0 aliphatic heterocycles. The summed E-state index contributed by atoms with van der Waals surface area (Å²) in [7, 11) is 0. The molecule has 5 nitrogen and oxygen atoms in total. The molecule has 0 saturated carbocycles. The predicted molar refractivity (Wildman–Crippen MR) is 97.5 cm³/mol. The van der Waals surface area contributed by atoms with E-state index in [1.54, 1.807) is 32.0 Å². The Bertz CT molecular complexity index is 861. The second-order valence-corrected chi connectivity index (χ2v) is 6.42. The lowest BCUT2D eigenvalue weighted by Gasteiger charge is -2.22. The molecule has 1 atom stereocenters. The van der Waals surface area contributed by atoms with Crippen LogP contribution in [0.1, 0.15) is 41.5 Å². The number of nitrogens with one attached hydrogen (secondary N) is 2. The highest BCUT2D eigenvalue weighted by molar-refractivity contribution is 6.02. The number of halogens is 2. The zero-order valence-electron chi connectivity index (χ0n) is 15.2. The van der Waals surface area contributed by atoms with Crippen molar-refractivity contribution in [1.29, 1.82) is 0 Å². The Morgan fingerprint density at radius 3 is 2.11 bits per heavy atom. The number of amides is 2. The molecule has 0 saturated heterocycles. The first-order chi connectivity index (χ1) is 12.7. The van der Waals surface area contributed by atoms with Gasteiger partial charge in [0, 0.05) is 11.3 Å². The maximum Gasteiger partial charge on any atom is 0.257 e. The zero-order chi connectivity index (χ0) is 20.1. The molecule has 0 bridgehead atoms. The first kappa shape index (κ1) is 20.2. The third kappa shape index (κ3) is 4.97. The van der Waals surface area contributed by atoms with Crippen molar-refractivity contribution in [3.63, 3.8) is 0 Å². The quantitative estimate of drug-likeness (QED) is 0.759. The molecular formula is C20H20F2N2O3. The van der Waals surface area contributed by atoms with Crippen LogP contribution in [0, 0.1) is 17.6 Å². The van der Waals surface area contributed by atoms with Gasteiger partial charge in [-0.05, 0) is 37.1 Å². The van der Waals surface area contributed by atoms with Gasteiger partial charge in [-0.3, -0.25) is 14.4 Å². The van der Waals surface area contributed by atoms with Crippen LogP contribution < -0.4 is 10.6 Å². The van der Waals surface area contributed by atoms with E-state index in [1.807, 2.05) is 0 Å². The number of carbonyl (C=O) groups excluding carboxylic acids is 3. The first-order valence-electron chi connectivity index (χ1n) is 8.37. The Balaban J connectivity index is 2.19. The average molecular weight is 374 g/mol. The molecule has 2 N–H and O–H groups in total. The van der Waals surface area contributed by atoms with Crippen LogP contribution in [-0.2, 0) is 4.79 Å². The summed E-state index contributed by atoms with van der Waals surface area (Å²) in [4.78, 5) is 36.3. The van der Waals surface area contributed by atoms with E-state index in [0.29, 0.717) is 11.3 Å². The van der Waals surface area contributed by atoms with Crippen molar-refractivity contribution in [1.82, 2.24) is 5.32 Å². The van der Waals surface area contributed by atoms with Crippen LogP contribution in [0.5, 0.6) is 0 Å². The van der Waals surface area contributed by atoms with Crippen molar-refractivity contribution < 1.29 is 23.2 Å². The first-order valence-corrected chi connectivity index (χ1v) is 8.37. The summed E-state index contributed by atoms with van der Waals surface area (Å²) in [5.41, 5.74) is 0.0607. The fraction of sp³-hybridized carbons (Fsp3) is 0.250. The minimum Gasteiger partial charge on any atom is -0.340 e. The van der Waals surface area contributed by atoms with E-state index < -0.39 is 35.1 Å². The van der Waals surface area contributed by atoms with Gasteiger partial charge in [0.1, 0.15) is 23.2 Å². The molecule has 0 heterocycles. The van der Waals surface area contributed by atoms with Gasteiger partial charge in [0.25, 0.3) is 5.91 Å². The topological polar surface area (TPSA) is 75.3 Å². The molecule has 0 aliphatic rings. The van der Waals surface area contributed by atoms with Crippen molar-refractivity contribution >= 4 is 23.3 Å². The number of rotatable bonds is 6. The van der Waals surface area contributed by atoms with Crippen molar-refractivity contribution in [3.05, 3.63) is 65.2 Å². The number of anilines is 1. The molecule has 2 aromatic carbocycles. The molecule has 2 rings (SSSR count). The minimum atomic E-state index is -1.03. The van der Waals surface area contributed by atoms with E-state index in [9.17, 15) is 23.2 Å². The van der Waals surface area contributed by atoms with Gasteiger partial charge >= 0.3 is 0 Å². The second kappa shape index (κ2) is 8.53. The molecule has 142 valence electrons. The number of benzene rings is 2. The molecule has 0 aliphatic carbocycles. The van der Waals surface area contributed by atoms with E-state index in [0.717, 1.165) is 18.2 Å². The van der Waals surface area contributed by atoms with E-state index in [2.05, 4.69) is 10.6 Å². The number of carbonyl (C=O) groups is 3. The third-order valence-electron chi connectivity index (χ3n) is 3.96. The normalized spacial score (nSPS) is 11.8. The summed E-state index contributed by atoms with van der Waals surface area (Å²) in [6, 6.07) is 8.39. The molecule has 7 heteroatoms. The fourth-order valence-electron chi connectivity index (χ4n) is 2.50. The van der Waals surface area contributed by atoms with Crippen LogP contribution in [0.4, 0.5) is 14.5 Å². The summed E-state index contributed by atoms with van der Waals surface area (Å²) in [5.74, 6) is -4.10. The Morgan fingerprint density at radius 2 is 1.56 bits per heavy atom. The molecule has 0 aromatic heterocycles. The third-order valence-corrected chi connectivity index (χ3v) is 3.96. The monoisotopic (exact) mass is 374 g/mol. The average Bonchev–Trinajstić information content (AvgIpc) is 2.59. The van der Waals surface area contributed by atoms with E-state index in [1.165, 1.54) is 13.0 Å². The molecule has 0 fully saturated rings. The summed E-state index contributed by atoms with van der Waals surface area (Å²) < 4.78 is 27.6. The summed E-state index contributed by atoms with van der Waals surface area (Å²) >= 11 is 0. The molecule has 0 radical (unpaired) electrons. The van der Waals surface area contributed by atoms with Crippen LogP contribution >= 0.6 is 0 Å². The lowest BCUT2D eigenvalue weighted by molar-refractivity contribution is -0.118. The van der Waals surface area contributed by atoms with E-state index in [4.69, 9.17) is 0 Å². The lowest BCUT2D eigenvalue weighted by Crippen LogP contribution is -2.47. The molecule has 2 aromatic rings. The maximum atomic E-state index is 13.8. The van der Waals surface area contributed by atoms with Crippen LogP contribution in [0.3, 0.4) is 0 Å². The molecule has 0 spiro atoms. The number of Topliss-reactive ketones (excluding diaryl/α,β-unsaturated/α-hetero) is 1. The number of ketones is 1. The number of hydrogen-bond acceptors (Lipinski definition) is 3. The maximum absolute atomic E-state index is 13.8. The van der Waals surface area contributed by atoms with Gasteiger partial charge in [-0.1, -0.05) is 32.0 Å². The molecule has 27 heavy (non-hydrogen) atoms.